The van der Waals surface area contributed by atoms with Crippen molar-refractivity contribution in [2.24, 2.45) is 0 Å². The number of hydrogen-bond donors (Lipinski definition) is 1. The summed E-state index contributed by atoms with van der Waals surface area (Å²) < 4.78 is 31.5. The summed E-state index contributed by atoms with van der Waals surface area (Å²) in [6.07, 6.45) is 2.99. The molecule has 2 rings (SSSR count). The topological polar surface area (TPSA) is 96.0 Å². The van der Waals surface area contributed by atoms with Crippen LogP contribution in [0.1, 0.15) is 38.7 Å². The summed E-state index contributed by atoms with van der Waals surface area (Å²) in [6, 6.07) is 8.42. The Kier molecular flexibility index (Phi) is 11.8. The van der Waals surface area contributed by atoms with Crippen molar-refractivity contribution in [2.75, 3.05) is 30.8 Å². The van der Waals surface area contributed by atoms with Crippen molar-refractivity contribution in [3.8, 4) is 5.75 Å². The Hall–Kier alpha value is -2.20. The number of nitrogens with zero attached hydrogens (tertiary/aromatic N) is 2. The van der Waals surface area contributed by atoms with Crippen LogP contribution < -0.4 is 14.4 Å². The summed E-state index contributed by atoms with van der Waals surface area (Å²) in [5.41, 5.74) is 0.754. The number of carbonyl (C=O) groups is 2. The van der Waals surface area contributed by atoms with E-state index < -0.39 is 28.5 Å². The highest BCUT2D eigenvalue weighted by atomic mass is 35.5. The van der Waals surface area contributed by atoms with E-state index in [1.165, 1.54) is 30.2 Å². The number of halogens is 3. The van der Waals surface area contributed by atoms with Crippen molar-refractivity contribution in [3.05, 3.63) is 57.0 Å². The monoisotopic (exact) mass is 591 g/mol. The number of ether oxygens (including phenoxy) is 1. The van der Waals surface area contributed by atoms with Gasteiger partial charge in [-0.3, -0.25) is 13.9 Å². The number of rotatable bonds is 13. The molecule has 12 heteroatoms. The van der Waals surface area contributed by atoms with Crippen molar-refractivity contribution in [2.45, 2.75) is 45.7 Å². The molecule has 8 nitrogen and oxygen atoms in total. The fourth-order valence-corrected chi connectivity index (χ4v) is 5.24. The molecule has 2 amide bonds. The lowest BCUT2D eigenvalue weighted by atomic mass is 10.1. The number of amides is 2. The Bertz CT molecular complexity index is 1210. The minimum atomic E-state index is -3.90. The number of anilines is 1. The second kappa shape index (κ2) is 14.1. The summed E-state index contributed by atoms with van der Waals surface area (Å²) in [4.78, 5) is 28.1. The van der Waals surface area contributed by atoms with Gasteiger partial charge in [0.05, 0.1) is 24.1 Å². The third kappa shape index (κ3) is 8.67. The second-order valence-electron chi connectivity index (χ2n) is 8.41. The molecule has 0 heterocycles. The number of carbonyl (C=O) groups excluding carboxylic acids is 2. The highest BCUT2D eigenvalue weighted by molar-refractivity contribution is 7.92. The van der Waals surface area contributed by atoms with E-state index in [2.05, 4.69) is 5.32 Å². The Labute approximate surface area is 233 Å². The van der Waals surface area contributed by atoms with Crippen LogP contribution in [0.5, 0.6) is 5.75 Å². The molecule has 0 unspecified atom stereocenters. The van der Waals surface area contributed by atoms with Crippen LogP contribution in [-0.4, -0.2) is 57.6 Å². The van der Waals surface area contributed by atoms with E-state index in [0.29, 0.717) is 34.3 Å². The van der Waals surface area contributed by atoms with Crippen LogP contribution in [-0.2, 0) is 26.2 Å². The molecule has 0 aromatic heterocycles. The Morgan fingerprint density at radius 3 is 2.30 bits per heavy atom. The van der Waals surface area contributed by atoms with Gasteiger partial charge in [0.15, 0.2) is 0 Å². The smallest absolute Gasteiger partial charge is 0.244 e. The zero-order valence-corrected chi connectivity index (χ0v) is 24.3. The van der Waals surface area contributed by atoms with Crippen molar-refractivity contribution in [3.63, 3.8) is 0 Å². The van der Waals surface area contributed by atoms with Gasteiger partial charge in [-0.2, -0.15) is 0 Å². The normalized spacial score (nSPS) is 12.1. The van der Waals surface area contributed by atoms with Crippen LogP contribution in [0.4, 0.5) is 5.69 Å². The van der Waals surface area contributed by atoms with Gasteiger partial charge in [-0.15, -0.1) is 0 Å². The van der Waals surface area contributed by atoms with Crippen molar-refractivity contribution >= 4 is 62.3 Å². The van der Waals surface area contributed by atoms with E-state index >= 15 is 0 Å². The van der Waals surface area contributed by atoms with E-state index in [1.807, 2.05) is 6.92 Å². The van der Waals surface area contributed by atoms with Gasteiger partial charge in [0, 0.05) is 23.1 Å². The predicted octanol–water partition coefficient (Wildman–Crippen LogP) is 5.15. The Balaban J connectivity index is 2.47. The van der Waals surface area contributed by atoms with E-state index in [4.69, 9.17) is 39.5 Å². The average Bonchev–Trinajstić information content (AvgIpc) is 2.83. The quantitative estimate of drug-likeness (QED) is 0.325. The van der Waals surface area contributed by atoms with E-state index in [-0.39, 0.29) is 23.2 Å². The van der Waals surface area contributed by atoms with Crippen LogP contribution in [0.25, 0.3) is 0 Å². The number of benzene rings is 2. The molecule has 0 aliphatic rings. The molecule has 0 spiro atoms. The van der Waals surface area contributed by atoms with Crippen molar-refractivity contribution in [1.29, 1.82) is 0 Å². The number of hydrogen-bond acceptors (Lipinski definition) is 5. The third-order valence-corrected chi connectivity index (χ3v) is 7.70. The Morgan fingerprint density at radius 1 is 1.05 bits per heavy atom. The first-order chi connectivity index (χ1) is 17.4. The molecule has 204 valence electrons. The zero-order valence-electron chi connectivity index (χ0n) is 21.3. The van der Waals surface area contributed by atoms with Crippen LogP contribution >= 0.6 is 34.8 Å². The fraction of sp³-hybridized carbons (Fsp3) is 0.440. The minimum absolute atomic E-state index is 0.0183. The summed E-state index contributed by atoms with van der Waals surface area (Å²) in [7, 11) is -2.46. The summed E-state index contributed by atoms with van der Waals surface area (Å²) in [6.45, 7) is 3.69. The maximum atomic E-state index is 13.7. The summed E-state index contributed by atoms with van der Waals surface area (Å²) in [5.74, 6) is -0.548. The number of sulfonamides is 1. The van der Waals surface area contributed by atoms with Crippen LogP contribution in [0.3, 0.4) is 0 Å². The van der Waals surface area contributed by atoms with Gasteiger partial charge in [0.1, 0.15) is 18.3 Å². The molecule has 2 aromatic rings. The molecule has 0 bridgehead atoms. The zero-order chi connectivity index (χ0) is 27.8. The molecule has 0 aliphatic carbocycles. The first kappa shape index (κ1) is 31.0. The molecule has 0 saturated heterocycles. The molecular formula is C25H32Cl3N3O5S. The van der Waals surface area contributed by atoms with Crippen molar-refractivity contribution in [1.82, 2.24) is 10.2 Å². The van der Waals surface area contributed by atoms with Gasteiger partial charge in [0.25, 0.3) is 0 Å². The highest BCUT2D eigenvalue weighted by Gasteiger charge is 2.32. The molecule has 2 aromatic carbocycles. The van der Waals surface area contributed by atoms with E-state index in [1.54, 1.807) is 25.1 Å². The highest BCUT2D eigenvalue weighted by Crippen LogP contribution is 2.30. The molecular weight excluding hydrogens is 561 g/mol. The van der Waals surface area contributed by atoms with Crippen LogP contribution in [0.2, 0.25) is 15.1 Å². The molecule has 0 fully saturated rings. The maximum Gasteiger partial charge on any atom is 0.244 e. The van der Waals surface area contributed by atoms with Crippen molar-refractivity contribution < 1.29 is 22.7 Å². The second-order valence-corrected chi connectivity index (χ2v) is 11.6. The number of unbranched alkanes of at least 4 members (excludes halogenated alkanes) is 1. The SMILES string of the molecule is CCCCNC(=O)[C@H](CC)N(Cc1ccc(Cl)cc1Cl)C(=O)CN(c1ccc(OC)c(Cl)c1)S(C)(=O)=O. The van der Waals surface area contributed by atoms with E-state index in [9.17, 15) is 18.0 Å². The first-order valence-electron chi connectivity index (χ1n) is 11.7. The lowest BCUT2D eigenvalue weighted by Gasteiger charge is -2.33. The van der Waals surface area contributed by atoms with Gasteiger partial charge < -0.3 is 15.0 Å². The third-order valence-electron chi connectivity index (χ3n) is 5.67. The molecule has 1 N–H and O–H groups in total. The predicted molar refractivity (Wildman–Crippen MR) is 149 cm³/mol. The van der Waals surface area contributed by atoms with E-state index in [0.717, 1.165) is 23.4 Å². The molecule has 0 radical (unpaired) electrons. The largest absolute Gasteiger partial charge is 0.495 e. The van der Waals surface area contributed by atoms with Gasteiger partial charge in [0.2, 0.25) is 21.8 Å². The molecule has 0 aliphatic heterocycles. The molecule has 37 heavy (non-hydrogen) atoms. The van der Waals surface area contributed by atoms with Crippen LogP contribution in [0, 0.1) is 0 Å². The number of methoxy groups -OCH3 is 1. The first-order valence-corrected chi connectivity index (χ1v) is 14.7. The summed E-state index contributed by atoms with van der Waals surface area (Å²) >= 11 is 18.6. The van der Waals surface area contributed by atoms with Crippen LogP contribution in [0.15, 0.2) is 36.4 Å². The lowest BCUT2D eigenvalue weighted by Crippen LogP contribution is -2.52. The number of nitrogens with one attached hydrogen (secondary N) is 1. The average molecular weight is 593 g/mol. The maximum absolute atomic E-state index is 13.7. The standard InChI is InChI=1S/C25H32Cl3N3O5S/c1-5-7-12-29-25(33)22(6-2)30(15-17-8-9-18(26)13-20(17)27)24(32)16-31(37(4,34)35)19-10-11-23(36-3)21(28)14-19/h8-11,13-14,22H,5-7,12,15-16H2,1-4H3,(H,29,33)/t22-/m0/s1. The Morgan fingerprint density at radius 2 is 1.76 bits per heavy atom. The molecule has 1 atom stereocenters. The lowest BCUT2D eigenvalue weighted by molar-refractivity contribution is -0.140. The summed E-state index contributed by atoms with van der Waals surface area (Å²) in [5, 5.41) is 3.81. The van der Waals surface area contributed by atoms with Gasteiger partial charge in [-0.1, -0.05) is 61.1 Å². The van der Waals surface area contributed by atoms with Gasteiger partial charge >= 0.3 is 0 Å². The fourth-order valence-electron chi connectivity index (χ4n) is 3.68. The minimum Gasteiger partial charge on any atom is -0.495 e. The van der Waals surface area contributed by atoms with Gasteiger partial charge in [-0.25, -0.2) is 8.42 Å². The van der Waals surface area contributed by atoms with Gasteiger partial charge in [-0.05, 0) is 48.7 Å². The molecule has 0 saturated carbocycles.